The van der Waals surface area contributed by atoms with Crippen molar-refractivity contribution in [3.63, 3.8) is 0 Å². The van der Waals surface area contributed by atoms with Gasteiger partial charge in [0.2, 0.25) is 0 Å². The molecule has 0 fully saturated rings. The van der Waals surface area contributed by atoms with E-state index in [-0.39, 0.29) is 0 Å². The van der Waals surface area contributed by atoms with E-state index in [1.54, 1.807) is 0 Å². The van der Waals surface area contributed by atoms with E-state index in [2.05, 4.69) is 28.0 Å². The second-order valence-corrected chi connectivity index (χ2v) is 3.06. The van der Waals surface area contributed by atoms with Gasteiger partial charge in [-0.1, -0.05) is 13.0 Å². The minimum atomic E-state index is 0.396. The van der Waals surface area contributed by atoms with Gasteiger partial charge in [-0.3, -0.25) is 0 Å². The minimum absolute atomic E-state index is 0.396. The zero-order valence-corrected chi connectivity index (χ0v) is 7.20. The number of allylic oxidation sites excluding steroid dienone is 1. The molecule has 2 heterocycles. The van der Waals surface area contributed by atoms with Crippen LogP contribution in [0.1, 0.15) is 18.4 Å². The van der Waals surface area contributed by atoms with Gasteiger partial charge in [0, 0.05) is 12.1 Å². The fraction of sp³-hybridized carbons (Fsp3) is 0.333. The first-order valence-electron chi connectivity index (χ1n) is 4.05. The summed E-state index contributed by atoms with van der Waals surface area (Å²) in [4.78, 5) is 11.6. The van der Waals surface area contributed by atoms with E-state index in [0.29, 0.717) is 5.92 Å². The van der Waals surface area contributed by atoms with Crippen LogP contribution in [0.4, 0.5) is 5.82 Å². The second kappa shape index (κ2) is 2.59. The monoisotopic (exact) mass is 161 g/mol. The molecule has 0 radical (unpaired) electrons. The third-order valence-electron chi connectivity index (χ3n) is 1.83. The molecule has 0 aliphatic carbocycles. The van der Waals surface area contributed by atoms with E-state index in [4.69, 9.17) is 0 Å². The van der Waals surface area contributed by atoms with Crippen molar-refractivity contribution < 1.29 is 0 Å². The van der Waals surface area contributed by atoms with Gasteiger partial charge >= 0.3 is 0 Å². The molecule has 0 aromatic carbocycles. The van der Waals surface area contributed by atoms with Gasteiger partial charge in [0.25, 0.3) is 0 Å². The van der Waals surface area contributed by atoms with Gasteiger partial charge < -0.3 is 4.98 Å². The molecule has 3 heteroatoms. The second-order valence-electron chi connectivity index (χ2n) is 3.06. The van der Waals surface area contributed by atoms with Crippen LogP contribution >= 0.6 is 0 Å². The summed E-state index contributed by atoms with van der Waals surface area (Å²) < 4.78 is 0. The normalized spacial score (nSPS) is 20.7. The highest BCUT2D eigenvalue weighted by Gasteiger charge is 2.06. The average molecular weight is 161 g/mol. The first-order valence-corrected chi connectivity index (χ1v) is 4.05. The van der Waals surface area contributed by atoms with Crippen LogP contribution in [0.3, 0.4) is 0 Å². The molecule has 0 saturated heterocycles. The summed E-state index contributed by atoms with van der Waals surface area (Å²) in [6, 6.07) is 0. The van der Waals surface area contributed by atoms with Gasteiger partial charge in [-0.05, 0) is 13.0 Å². The summed E-state index contributed by atoms with van der Waals surface area (Å²) in [5.74, 6) is 2.11. The number of H-pyrrole nitrogens is 1. The molecule has 1 aliphatic heterocycles. The van der Waals surface area contributed by atoms with Crippen LogP contribution in [0.25, 0.3) is 6.08 Å². The summed E-state index contributed by atoms with van der Waals surface area (Å²) >= 11 is 0. The summed E-state index contributed by atoms with van der Waals surface area (Å²) in [6.07, 6.45) is 6.04. The molecule has 1 unspecified atom stereocenters. The molecule has 0 bridgehead atoms. The summed E-state index contributed by atoms with van der Waals surface area (Å²) in [6.45, 7) is 4.03. The number of rotatable bonds is 0. The number of aryl methyl sites for hydroxylation is 1. The summed E-state index contributed by atoms with van der Waals surface area (Å²) in [5.41, 5.74) is 1.01. The molecule has 3 nitrogen and oxygen atoms in total. The van der Waals surface area contributed by atoms with Gasteiger partial charge in [-0.2, -0.15) is 0 Å². The van der Waals surface area contributed by atoms with E-state index >= 15 is 0 Å². The Kier molecular flexibility index (Phi) is 1.57. The number of fused-ring (bicyclic) bond motifs is 1. The molecule has 0 spiro atoms. The number of aromatic nitrogens is 2. The van der Waals surface area contributed by atoms with Gasteiger partial charge in [-0.25, -0.2) is 9.98 Å². The molecule has 2 rings (SSSR count). The Bertz CT molecular complexity index is 315. The maximum Gasteiger partial charge on any atom is 0.177 e. The SMILES string of the molecule is Cc1nc2c([nH]1)C=CC(C)C=N2. The Hall–Kier alpha value is -1.38. The molecule has 1 N–H and O–H groups in total. The molecule has 1 aromatic rings. The predicted molar refractivity (Wildman–Crippen MR) is 49.7 cm³/mol. The smallest absolute Gasteiger partial charge is 0.177 e. The van der Waals surface area contributed by atoms with Gasteiger partial charge in [0.05, 0.1) is 5.69 Å². The first kappa shape index (κ1) is 7.28. The molecular formula is C9H11N3. The van der Waals surface area contributed by atoms with Crippen molar-refractivity contribution >= 4 is 18.1 Å². The molecule has 1 aromatic heterocycles. The lowest BCUT2D eigenvalue weighted by Crippen LogP contribution is -1.87. The number of nitrogens with one attached hydrogen (secondary N) is 1. The Morgan fingerprint density at radius 1 is 1.50 bits per heavy atom. The highest BCUT2D eigenvalue weighted by Crippen LogP contribution is 2.20. The Balaban J connectivity index is 2.49. The van der Waals surface area contributed by atoms with Crippen LogP contribution in [0.2, 0.25) is 0 Å². The summed E-state index contributed by atoms with van der Waals surface area (Å²) in [7, 11) is 0. The van der Waals surface area contributed by atoms with Gasteiger partial charge in [0.15, 0.2) is 5.82 Å². The fourth-order valence-corrected chi connectivity index (χ4v) is 1.20. The fourth-order valence-electron chi connectivity index (χ4n) is 1.20. The predicted octanol–water partition coefficient (Wildman–Crippen LogP) is 2.08. The molecule has 0 saturated carbocycles. The summed E-state index contributed by atoms with van der Waals surface area (Å²) in [5, 5.41) is 0. The van der Waals surface area contributed by atoms with Crippen molar-refractivity contribution in [3.8, 4) is 0 Å². The van der Waals surface area contributed by atoms with Crippen molar-refractivity contribution in [2.75, 3.05) is 0 Å². The van der Waals surface area contributed by atoms with Crippen LogP contribution in [0.15, 0.2) is 11.1 Å². The van der Waals surface area contributed by atoms with Crippen LogP contribution in [0, 0.1) is 12.8 Å². The minimum Gasteiger partial charge on any atom is -0.341 e. The number of hydrogen-bond acceptors (Lipinski definition) is 2. The van der Waals surface area contributed by atoms with Crippen LogP contribution in [-0.4, -0.2) is 16.2 Å². The topological polar surface area (TPSA) is 41.0 Å². The molecular weight excluding hydrogens is 150 g/mol. The van der Waals surface area contributed by atoms with E-state index in [0.717, 1.165) is 17.3 Å². The number of imidazole rings is 1. The van der Waals surface area contributed by atoms with Crippen molar-refractivity contribution in [2.45, 2.75) is 13.8 Å². The van der Waals surface area contributed by atoms with Gasteiger partial charge in [-0.15, -0.1) is 0 Å². The first-order chi connectivity index (χ1) is 5.75. The molecule has 62 valence electrons. The van der Waals surface area contributed by atoms with Crippen LogP contribution < -0.4 is 0 Å². The highest BCUT2D eigenvalue weighted by atomic mass is 15.0. The number of aromatic amines is 1. The van der Waals surface area contributed by atoms with Gasteiger partial charge in [0.1, 0.15) is 5.82 Å². The van der Waals surface area contributed by atoms with E-state index in [9.17, 15) is 0 Å². The lowest BCUT2D eigenvalue weighted by atomic mass is 10.2. The van der Waals surface area contributed by atoms with Crippen LogP contribution in [0.5, 0.6) is 0 Å². The maximum atomic E-state index is 4.26. The largest absolute Gasteiger partial charge is 0.341 e. The number of hydrogen-bond donors (Lipinski definition) is 1. The maximum absolute atomic E-state index is 4.26. The van der Waals surface area contributed by atoms with Crippen molar-refractivity contribution in [1.29, 1.82) is 0 Å². The highest BCUT2D eigenvalue weighted by molar-refractivity contribution is 5.74. The van der Waals surface area contributed by atoms with E-state index in [1.807, 2.05) is 19.2 Å². The molecule has 12 heavy (non-hydrogen) atoms. The zero-order chi connectivity index (χ0) is 8.55. The molecule has 1 atom stereocenters. The lowest BCUT2D eigenvalue weighted by Gasteiger charge is -1.90. The Morgan fingerprint density at radius 2 is 2.33 bits per heavy atom. The molecule has 1 aliphatic rings. The van der Waals surface area contributed by atoms with Crippen LogP contribution in [-0.2, 0) is 0 Å². The number of nitrogens with zero attached hydrogens (tertiary/aromatic N) is 2. The van der Waals surface area contributed by atoms with Crippen molar-refractivity contribution in [3.05, 3.63) is 17.6 Å². The third-order valence-corrected chi connectivity index (χ3v) is 1.83. The Morgan fingerprint density at radius 3 is 3.17 bits per heavy atom. The Labute approximate surface area is 71.2 Å². The van der Waals surface area contributed by atoms with E-state index in [1.165, 1.54) is 0 Å². The third kappa shape index (κ3) is 1.18. The number of aliphatic imine (C=N–C) groups is 1. The molecule has 0 amide bonds. The zero-order valence-electron chi connectivity index (χ0n) is 7.20. The van der Waals surface area contributed by atoms with E-state index < -0.39 is 0 Å². The average Bonchev–Trinajstić information content (AvgIpc) is 2.31. The van der Waals surface area contributed by atoms with Crippen molar-refractivity contribution in [1.82, 2.24) is 9.97 Å². The standard InChI is InChI=1S/C9H11N3/c1-6-3-4-8-9(10-5-6)12-7(2)11-8/h3-6H,1-2H3,(H,11,12). The lowest BCUT2D eigenvalue weighted by molar-refractivity contribution is 1.03. The quantitative estimate of drug-likeness (QED) is 0.621. The van der Waals surface area contributed by atoms with Crippen molar-refractivity contribution in [2.24, 2.45) is 10.9 Å².